The summed E-state index contributed by atoms with van der Waals surface area (Å²) in [5.74, 6) is -1.21. The standard InChI is InChI=1S/C7H5ClO2.K/c8-6-3-1-2-5(4-6)7(9)10;/h1-4H,(H,9,10);/q;+1/p-1. The third-order valence-electron chi connectivity index (χ3n) is 1.06. The molecule has 0 amide bonds. The van der Waals surface area contributed by atoms with Crippen molar-refractivity contribution in [1.29, 1.82) is 0 Å². The van der Waals surface area contributed by atoms with Crippen LogP contribution >= 0.6 is 11.6 Å². The van der Waals surface area contributed by atoms with Crippen LogP contribution in [0, 0.1) is 0 Å². The van der Waals surface area contributed by atoms with Crippen molar-refractivity contribution in [2.45, 2.75) is 0 Å². The number of aromatic carboxylic acids is 1. The van der Waals surface area contributed by atoms with E-state index in [1.807, 2.05) is 0 Å². The number of carbonyl (C=O) groups excluding carboxylic acids is 1. The summed E-state index contributed by atoms with van der Waals surface area (Å²) in [6, 6.07) is 5.94. The van der Waals surface area contributed by atoms with Gasteiger partial charge in [0, 0.05) is 5.02 Å². The molecule has 0 heterocycles. The van der Waals surface area contributed by atoms with Crippen molar-refractivity contribution in [2.75, 3.05) is 0 Å². The van der Waals surface area contributed by atoms with Gasteiger partial charge in [0.15, 0.2) is 0 Å². The van der Waals surface area contributed by atoms with Gasteiger partial charge in [0.2, 0.25) is 0 Å². The largest absolute Gasteiger partial charge is 1.00 e. The zero-order chi connectivity index (χ0) is 7.56. The van der Waals surface area contributed by atoms with E-state index in [0.29, 0.717) is 5.02 Å². The van der Waals surface area contributed by atoms with E-state index in [2.05, 4.69) is 0 Å². The normalized spacial score (nSPS) is 8.45. The minimum atomic E-state index is -1.21. The summed E-state index contributed by atoms with van der Waals surface area (Å²) in [6.07, 6.45) is 0. The topological polar surface area (TPSA) is 40.1 Å². The smallest absolute Gasteiger partial charge is 0.545 e. The van der Waals surface area contributed by atoms with Crippen LogP contribution in [0.25, 0.3) is 0 Å². The molecule has 0 atom stereocenters. The van der Waals surface area contributed by atoms with E-state index in [1.54, 1.807) is 12.1 Å². The third kappa shape index (κ3) is 3.69. The van der Waals surface area contributed by atoms with E-state index >= 15 is 0 Å². The third-order valence-corrected chi connectivity index (χ3v) is 1.30. The quantitative estimate of drug-likeness (QED) is 0.473. The van der Waals surface area contributed by atoms with Crippen LogP contribution < -0.4 is 56.5 Å². The summed E-state index contributed by atoms with van der Waals surface area (Å²) in [6.45, 7) is 0. The van der Waals surface area contributed by atoms with Gasteiger partial charge in [0.05, 0.1) is 5.97 Å². The average Bonchev–Trinajstić information content (AvgIpc) is 1.88. The Morgan fingerprint density at radius 3 is 2.45 bits per heavy atom. The molecule has 0 bridgehead atoms. The van der Waals surface area contributed by atoms with Crippen LogP contribution in [0.1, 0.15) is 10.4 Å². The summed E-state index contributed by atoms with van der Waals surface area (Å²) in [5, 5.41) is 10.6. The van der Waals surface area contributed by atoms with Crippen molar-refractivity contribution >= 4 is 17.6 Å². The van der Waals surface area contributed by atoms with E-state index in [9.17, 15) is 9.90 Å². The van der Waals surface area contributed by atoms with Gasteiger partial charge in [-0.05, 0) is 17.7 Å². The van der Waals surface area contributed by atoms with E-state index in [-0.39, 0.29) is 56.9 Å². The maximum atomic E-state index is 10.2. The van der Waals surface area contributed by atoms with E-state index < -0.39 is 5.97 Å². The SMILES string of the molecule is O=C([O-])c1cccc(Cl)c1.[K+]. The number of carboxylic acid groups (broad SMARTS) is 1. The Kier molecular flexibility index (Phi) is 5.59. The number of carbonyl (C=O) groups is 1. The molecule has 0 aliphatic heterocycles. The fourth-order valence-electron chi connectivity index (χ4n) is 0.615. The molecule has 4 heteroatoms. The second-order valence-electron chi connectivity index (χ2n) is 1.80. The molecule has 0 spiro atoms. The van der Waals surface area contributed by atoms with Gasteiger partial charge in [-0.2, -0.15) is 0 Å². The summed E-state index contributed by atoms with van der Waals surface area (Å²) in [7, 11) is 0. The Hall–Kier alpha value is 0.616. The molecule has 1 aromatic carbocycles. The Bertz CT molecular complexity index is 262. The van der Waals surface area contributed by atoms with Crippen LogP contribution in [-0.2, 0) is 0 Å². The Morgan fingerprint density at radius 1 is 1.45 bits per heavy atom. The van der Waals surface area contributed by atoms with Crippen molar-refractivity contribution in [3.63, 3.8) is 0 Å². The second kappa shape index (κ2) is 5.30. The van der Waals surface area contributed by atoms with Gasteiger partial charge in [-0.15, -0.1) is 0 Å². The number of rotatable bonds is 1. The number of hydrogen-bond acceptors (Lipinski definition) is 2. The van der Waals surface area contributed by atoms with Gasteiger partial charge in [-0.25, -0.2) is 0 Å². The fourth-order valence-corrected chi connectivity index (χ4v) is 0.806. The van der Waals surface area contributed by atoms with Crippen molar-refractivity contribution in [2.24, 2.45) is 0 Å². The number of hydrogen-bond donors (Lipinski definition) is 0. The zero-order valence-electron chi connectivity index (χ0n) is 6.00. The van der Waals surface area contributed by atoms with E-state index in [1.165, 1.54) is 12.1 Å². The van der Waals surface area contributed by atoms with Gasteiger partial charge in [0.25, 0.3) is 0 Å². The van der Waals surface area contributed by atoms with Gasteiger partial charge in [-0.3, -0.25) is 0 Å². The molecule has 2 nitrogen and oxygen atoms in total. The summed E-state index contributed by atoms with van der Waals surface area (Å²) in [5.41, 5.74) is 0.104. The molecule has 11 heavy (non-hydrogen) atoms. The molecule has 0 aromatic heterocycles. The molecule has 1 aromatic rings. The average molecular weight is 195 g/mol. The number of benzene rings is 1. The maximum absolute atomic E-state index is 10.2. The van der Waals surface area contributed by atoms with Crippen LogP contribution in [0.2, 0.25) is 5.02 Å². The van der Waals surface area contributed by atoms with Gasteiger partial charge in [-0.1, -0.05) is 23.7 Å². The zero-order valence-corrected chi connectivity index (χ0v) is 9.88. The Labute approximate surface area is 112 Å². The molecule has 0 saturated carbocycles. The molecule has 0 radical (unpaired) electrons. The minimum Gasteiger partial charge on any atom is -0.545 e. The van der Waals surface area contributed by atoms with Gasteiger partial charge >= 0.3 is 51.4 Å². The van der Waals surface area contributed by atoms with Crippen LogP contribution in [0.4, 0.5) is 0 Å². The number of carboxylic acids is 1. The predicted molar refractivity (Wildman–Crippen MR) is 35.8 cm³/mol. The van der Waals surface area contributed by atoms with Crippen molar-refractivity contribution in [3.05, 3.63) is 34.9 Å². The van der Waals surface area contributed by atoms with E-state index in [0.717, 1.165) is 0 Å². The molecule has 0 unspecified atom stereocenters. The van der Waals surface area contributed by atoms with E-state index in [4.69, 9.17) is 11.6 Å². The van der Waals surface area contributed by atoms with Crippen molar-refractivity contribution < 1.29 is 61.3 Å². The van der Waals surface area contributed by atoms with Crippen LogP contribution in [0.5, 0.6) is 0 Å². The predicted octanol–water partition coefficient (Wildman–Crippen LogP) is -2.29. The Morgan fingerprint density at radius 2 is 2.09 bits per heavy atom. The van der Waals surface area contributed by atoms with Crippen LogP contribution in [0.15, 0.2) is 24.3 Å². The first-order valence-electron chi connectivity index (χ1n) is 2.67. The molecule has 1 rings (SSSR count). The van der Waals surface area contributed by atoms with Crippen LogP contribution in [-0.4, -0.2) is 5.97 Å². The minimum absolute atomic E-state index is 0. The fraction of sp³-hybridized carbons (Fsp3) is 0. The first-order chi connectivity index (χ1) is 4.70. The summed E-state index contributed by atoms with van der Waals surface area (Å²) in [4.78, 5) is 10.2. The monoisotopic (exact) mass is 194 g/mol. The molecular weight excluding hydrogens is 191 g/mol. The summed E-state index contributed by atoms with van der Waals surface area (Å²) < 4.78 is 0. The first kappa shape index (κ1) is 11.6. The molecule has 0 N–H and O–H groups in total. The van der Waals surface area contributed by atoms with Crippen molar-refractivity contribution in [1.82, 2.24) is 0 Å². The molecule has 52 valence electrons. The Balaban J connectivity index is 0.000001000. The maximum Gasteiger partial charge on any atom is 1.00 e. The second-order valence-corrected chi connectivity index (χ2v) is 2.23. The molecular formula is C7H4ClKO2. The number of halogens is 1. The van der Waals surface area contributed by atoms with Gasteiger partial charge in [0.1, 0.15) is 0 Å². The van der Waals surface area contributed by atoms with Gasteiger partial charge < -0.3 is 9.90 Å². The molecule has 0 saturated heterocycles. The molecule has 0 aliphatic carbocycles. The summed E-state index contributed by atoms with van der Waals surface area (Å²) >= 11 is 5.50. The van der Waals surface area contributed by atoms with Crippen LogP contribution in [0.3, 0.4) is 0 Å². The first-order valence-corrected chi connectivity index (χ1v) is 3.05. The van der Waals surface area contributed by atoms with Crippen molar-refractivity contribution in [3.8, 4) is 0 Å². The molecule has 0 fully saturated rings. The molecule has 0 aliphatic rings.